The molecule has 0 unspecified atom stereocenters. The van der Waals surface area contributed by atoms with Crippen LogP contribution in [0.25, 0.3) is 0 Å². The molecule has 0 heterocycles. The highest BCUT2D eigenvalue weighted by molar-refractivity contribution is 5.95. The zero-order chi connectivity index (χ0) is 10.0. The maximum Gasteiger partial charge on any atom is 0.162 e. The first kappa shape index (κ1) is 9.20. The molecule has 3 nitrogen and oxygen atoms in total. The molecular weight excluding hydrogens is 173 g/mol. The van der Waals surface area contributed by atoms with Crippen molar-refractivity contribution in [3.63, 3.8) is 0 Å². The van der Waals surface area contributed by atoms with E-state index in [1.807, 2.05) is 0 Å². The molecule has 66 valence electrons. The maximum atomic E-state index is 13.1. The van der Waals surface area contributed by atoms with Crippen molar-refractivity contribution < 1.29 is 14.3 Å². The van der Waals surface area contributed by atoms with E-state index in [0.29, 0.717) is 0 Å². The second-order valence-electron chi connectivity index (χ2n) is 2.52. The molecule has 1 rings (SSSR count). The van der Waals surface area contributed by atoms with E-state index in [9.17, 15) is 9.18 Å². The van der Waals surface area contributed by atoms with Gasteiger partial charge in [-0.05, 0) is 13.0 Å². The Hall–Kier alpha value is -1.89. The van der Waals surface area contributed by atoms with Gasteiger partial charge in [-0.25, -0.2) is 4.39 Å². The highest BCUT2D eigenvalue weighted by atomic mass is 19.1. The smallest absolute Gasteiger partial charge is 0.162 e. The summed E-state index contributed by atoms with van der Waals surface area (Å²) >= 11 is 0. The highest BCUT2D eigenvalue weighted by Gasteiger charge is 2.13. The third-order valence-electron chi connectivity index (χ3n) is 1.56. The molecule has 0 spiro atoms. The SMILES string of the molecule is CC(=O)c1cc(O)cc(C#N)c1F. The number of aromatic hydroxyl groups is 1. The van der Waals surface area contributed by atoms with E-state index >= 15 is 0 Å². The number of hydrogen-bond acceptors (Lipinski definition) is 3. The second-order valence-corrected chi connectivity index (χ2v) is 2.52. The number of nitriles is 1. The van der Waals surface area contributed by atoms with Crippen LogP contribution in [0.15, 0.2) is 12.1 Å². The van der Waals surface area contributed by atoms with Crippen LogP contribution in [-0.2, 0) is 0 Å². The van der Waals surface area contributed by atoms with Crippen molar-refractivity contribution in [2.24, 2.45) is 0 Å². The minimum Gasteiger partial charge on any atom is -0.508 e. The molecule has 1 aromatic rings. The summed E-state index contributed by atoms with van der Waals surface area (Å²) in [6, 6.07) is 3.52. The summed E-state index contributed by atoms with van der Waals surface area (Å²) in [5.74, 6) is -1.69. The summed E-state index contributed by atoms with van der Waals surface area (Å²) in [5, 5.41) is 17.5. The number of rotatable bonds is 1. The third-order valence-corrected chi connectivity index (χ3v) is 1.56. The maximum absolute atomic E-state index is 13.1. The molecule has 4 heteroatoms. The minimum atomic E-state index is -0.882. The largest absolute Gasteiger partial charge is 0.508 e. The van der Waals surface area contributed by atoms with Gasteiger partial charge in [-0.1, -0.05) is 0 Å². The number of carbonyl (C=O) groups excluding carboxylic acids is 1. The summed E-state index contributed by atoms with van der Waals surface area (Å²) in [6.45, 7) is 1.17. The number of ketones is 1. The molecule has 0 bridgehead atoms. The Balaban J connectivity index is 3.47. The van der Waals surface area contributed by atoms with Gasteiger partial charge >= 0.3 is 0 Å². The molecule has 0 radical (unpaired) electrons. The summed E-state index contributed by atoms with van der Waals surface area (Å²) in [6.07, 6.45) is 0. The monoisotopic (exact) mass is 179 g/mol. The molecule has 0 saturated heterocycles. The Bertz CT molecular complexity index is 407. The van der Waals surface area contributed by atoms with Crippen LogP contribution in [0.1, 0.15) is 22.8 Å². The minimum absolute atomic E-state index is 0.267. The third kappa shape index (κ3) is 1.64. The Morgan fingerprint density at radius 3 is 2.69 bits per heavy atom. The van der Waals surface area contributed by atoms with Crippen LogP contribution in [0.4, 0.5) is 4.39 Å². The lowest BCUT2D eigenvalue weighted by atomic mass is 10.1. The molecule has 0 aromatic heterocycles. The van der Waals surface area contributed by atoms with Crippen LogP contribution in [-0.4, -0.2) is 10.9 Å². The van der Waals surface area contributed by atoms with Crippen LogP contribution in [0.5, 0.6) is 5.75 Å². The van der Waals surface area contributed by atoms with Gasteiger partial charge in [0.1, 0.15) is 11.8 Å². The van der Waals surface area contributed by atoms with E-state index < -0.39 is 11.6 Å². The van der Waals surface area contributed by atoms with Gasteiger partial charge in [-0.2, -0.15) is 5.26 Å². The normalized spacial score (nSPS) is 9.31. The molecule has 0 saturated carbocycles. The van der Waals surface area contributed by atoms with E-state index in [2.05, 4.69) is 0 Å². The van der Waals surface area contributed by atoms with Crippen molar-refractivity contribution in [1.29, 1.82) is 5.26 Å². The van der Waals surface area contributed by atoms with Gasteiger partial charge < -0.3 is 5.11 Å². The number of benzene rings is 1. The first-order valence-electron chi connectivity index (χ1n) is 3.50. The molecule has 0 aliphatic carbocycles. The zero-order valence-corrected chi connectivity index (χ0v) is 6.84. The molecule has 1 N–H and O–H groups in total. The van der Waals surface area contributed by atoms with Crippen molar-refractivity contribution in [3.8, 4) is 11.8 Å². The average Bonchev–Trinajstić information content (AvgIpc) is 2.08. The number of nitrogens with zero attached hydrogens (tertiary/aromatic N) is 1. The topological polar surface area (TPSA) is 61.1 Å². The fourth-order valence-electron chi connectivity index (χ4n) is 0.947. The Labute approximate surface area is 74.0 Å². The van der Waals surface area contributed by atoms with Gasteiger partial charge in [-0.15, -0.1) is 0 Å². The number of Topliss-reactive ketones (excluding diaryl/α,β-unsaturated/α-hetero) is 1. The van der Waals surface area contributed by atoms with E-state index in [-0.39, 0.29) is 16.9 Å². The summed E-state index contributed by atoms with van der Waals surface area (Å²) in [7, 11) is 0. The number of phenolic OH excluding ortho intramolecular Hbond substituents is 1. The molecular formula is C9H6FNO2. The predicted molar refractivity (Wildman–Crippen MR) is 42.8 cm³/mol. The van der Waals surface area contributed by atoms with E-state index in [1.165, 1.54) is 6.92 Å². The van der Waals surface area contributed by atoms with Crippen molar-refractivity contribution in [2.45, 2.75) is 6.92 Å². The Morgan fingerprint density at radius 1 is 1.62 bits per heavy atom. The van der Waals surface area contributed by atoms with Crippen LogP contribution in [0, 0.1) is 17.1 Å². The van der Waals surface area contributed by atoms with Gasteiger partial charge in [0.2, 0.25) is 0 Å². The molecule has 0 aliphatic rings. The van der Waals surface area contributed by atoms with Crippen LogP contribution in [0.3, 0.4) is 0 Å². The Morgan fingerprint density at radius 2 is 2.23 bits per heavy atom. The van der Waals surface area contributed by atoms with Gasteiger partial charge in [0.05, 0.1) is 11.1 Å². The average molecular weight is 179 g/mol. The lowest BCUT2D eigenvalue weighted by Gasteiger charge is -2.00. The highest BCUT2D eigenvalue weighted by Crippen LogP contribution is 2.20. The number of carbonyl (C=O) groups is 1. The van der Waals surface area contributed by atoms with Crippen LogP contribution < -0.4 is 0 Å². The van der Waals surface area contributed by atoms with Crippen LogP contribution in [0.2, 0.25) is 0 Å². The number of hydrogen-bond donors (Lipinski definition) is 1. The van der Waals surface area contributed by atoms with E-state index in [1.54, 1.807) is 6.07 Å². The summed E-state index contributed by atoms with van der Waals surface area (Å²) in [5.41, 5.74) is -0.596. The van der Waals surface area contributed by atoms with E-state index in [0.717, 1.165) is 12.1 Å². The first-order chi connectivity index (χ1) is 6.06. The first-order valence-corrected chi connectivity index (χ1v) is 3.50. The lowest BCUT2D eigenvalue weighted by molar-refractivity contribution is 0.101. The quantitative estimate of drug-likeness (QED) is 0.666. The molecule has 13 heavy (non-hydrogen) atoms. The van der Waals surface area contributed by atoms with E-state index in [4.69, 9.17) is 10.4 Å². The standard InChI is InChI=1S/C9H6FNO2/c1-5(12)8-3-7(13)2-6(4-11)9(8)10/h2-3,13H,1H3. The fourth-order valence-corrected chi connectivity index (χ4v) is 0.947. The van der Waals surface area contributed by atoms with Crippen molar-refractivity contribution >= 4 is 5.78 Å². The Kier molecular flexibility index (Phi) is 2.29. The van der Waals surface area contributed by atoms with Gasteiger partial charge in [-0.3, -0.25) is 4.79 Å². The zero-order valence-electron chi connectivity index (χ0n) is 6.84. The summed E-state index contributed by atoms with van der Waals surface area (Å²) < 4.78 is 13.1. The number of halogens is 1. The molecule has 0 atom stereocenters. The van der Waals surface area contributed by atoms with Crippen molar-refractivity contribution in [3.05, 3.63) is 29.1 Å². The summed E-state index contributed by atoms with van der Waals surface area (Å²) in [4.78, 5) is 10.8. The van der Waals surface area contributed by atoms with Gasteiger partial charge in [0.25, 0.3) is 0 Å². The van der Waals surface area contributed by atoms with Crippen molar-refractivity contribution in [1.82, 2.24) is 0 Å². The van der Waals surface area contributed by atoms with Gasteiger partial charge in [0, 0.05) is 6.07 Å². The molecule has 0 fully saturated rings. The van der Waals surface area contributed by atoms with Gasteiger partial charge in [0.15, 0.2) is 11.6 Å². The molecule has 0 amide bonds. The fraction of sp³-hybridized carbons (Fsp3) is 0.111. The number of phenols is 1. The van der Waals surface area contributed by atoms with Crippen molar-refractivity contribution in [2.75, 3.05) is 0 Å². The molecule has 0 aliphatic heterocycles. The predicted octanol–water partition coefficient (Wildman–Crippen LogP) is 1.61. The van der Waals surface area contributed by atoms with Crippen LogP contribution >= 0.6 is 0 Å². The second kappa shape index (κ2) is 3.23. The molecule has 1 aromatic carbocycles. The lowest BCUT2D eigenvalue weighted by Crippen LogP contribution is -1.99.